The number of fused-ring (bicyclic) bond motifs is 1. The molecular weight excluding hydrogens is 422 g/mol. The second-order valence-electron chi connectivity index (χ2n) is 8.49. The fraction of sp³-hybridized carbons (Fsp3) is 0.480. The summed E-state index contributed by atoms with van der Waals surface area (Å²) in [5.74, 6) is 0.00717. The van der Waals surface area contributed by atoms with Gasteiger partial charge in [0.25, 0.3) is 0 Å². The standard InChI is InChI=1S/C25H33N3O3S/c1-7-16(5)26-21(29)13-20-14-32-25-27-17(6)22(24(30)31-8-2)23(28(20)25)19-11-9-18(10-12-19)15(3)4/h9-12,14-16,23H,7-8,13H2,1-6H3,(H,26,29). The Morgan fingerprint density at radius 2 is 1.88 bits per heavy atom. The van der Waals surface area contributed by atoms with Crippen LogP contribution in [0.1, 0.15) is 77.5 Å². The average molecular weight is 456 g/mol. The van der Waals surface area contributed by atoms with Crippen LogP contribution < -0.4 is 5.32 Å². The van der Waals surface area contributed by atoms with Crippen LogP contribution in [0.15, 0.2) is 51.6 Å². The van der Waals surface area contributed by atoms with Gasteiger partial charge < -0.3 is 15.0 Å². The summed E-state index contributed by atoms with van der Waals surface area (Å²) in [6, 6.07) is 8.06. The summed E-state index contributed by atoms with van der Waals surface area (Å²) in [6.45, 7) is 12.3. The fourth-order valence-corrected chi connectivity index (χ4v) is 4.77. The van der Waals surface area contributed by atoms with Gasteiger partial charge in [0.2, 0.25) is 5.91 Å². The molecule has 2 aliphatic rings. The summed E-state index contributed by atoms with van der Waals surface area (Å²) in [4.78, 5) is 32.3. The van der Waals surface area contributed by atoms with Crippen LogP contribution in [0.4, 0.5) is 0 Å². The van der Waals surface area contributed by atoms with Crippen molar-refractivity contribution in [1.82, 2.24) is 10.2 Å². The summed E-state index contributed by atoms with van der Waals surface area (Å²) in [7, 11) is 0. The molecule has 1 amide bonds. The lowest BCUT2D eigenvalue weighted by Gasteiger charge is -2.36. The van der Waals surface area contributed by atoms with Crippen molar-refractivity contribution in [3.8, 4) is 0 Å². The maximum Gasteiger partial charge on any atom is 0.338 e. The van der Waals surface area contributed by atoms with Gasteiger partial charge in [0.15, 0.2) is 5.17 Å². The van der Waals surface area contributed by atoms with Gasteiger partial charge in [0.1, 0.15) is 0 Å². The van der Waals surface area contributed by atoms with Crippen molar-refractivity contribution < 1.29 is 14.3 Å². The molecule has 3 rings (SSSR count). The molecule has 6 nitrogen and oxygen atoms in total. The summed E-state index contributed by atoms with van der Waals surface area (Å²) in [5.41, 5.74) is 4.21. The molecule has 0 saturated heterocycles. The van der Waals surface area contributed by atoms with Crippen LogP contribution in [-0.4, -0.2) is 34.6 Å². The predicted molar refractivity (Wildman–Crippen MR) is 130 cm³/mol. The Labute approximate surface area is 195 Å². The van der Waals surface area contributed by atoms with Crippen LogP contribution in [-0.2, 0) is 14.3 Å². The van der Waals surface area contributed by atoms with E-state index in [2.05, 4.69) is 48.4 Å². The molecule has 2 heterocycles. The lowest BCUT2D eigenvalue weighted by atomic mass is 9.92. The third-order valence-corrected chi connectivity index (χ3v) is 6.67. The molecule has 32 heavy (non-hydrogen) atoms. The Kier molecular flexibility index (Phi) is 7.82. The molecular formula is C25H33N3O3S. The highest BCUT2D eigenvalue weighted by Crippen LogP contribution is 2.45. The zero-order valence-electron chi connectivity index (χ0n) is 19.8. The van der Waals surface area contributed by atoms with Crippen LogP contribution in [0.25, 0.3) is 0 Å². The van der Waals surface area contributed by atoms with E-state index in [4.69, 9.17) is 4.74 Å². The number of hydrogen-bond acceptors (Lipinski definition) is 6. The third-order valence-electron chi connectivity index (χ3n) is 5.78. The molecule has 2 atom stereocenters. The Bertz CT molecular complexity index is 963. The first kappa shape index (κ1) is 24.1. The monoisotopic (exact) mass is 455 g/mol. The van der Waals surface area contributed by atoms with Crippen LogP contribution in [0, 0.1) is 0 Å². The molecule has 2 unspecified atom stereocenters. The maximum atomic E-state index is 13.0. The normalized spacial score (nSPS) is 18.8. The van der Waals surface area contributed by atoms with E-state index in [9.17, 15) is 9.59 Å². The number of carbonyl (C=O) groups is 2. The first-order valence-electron chi connectivity index (χ1n) is 11.3. The highest BCUT2D eigenvalue weighted by molar-refractivity contribution is 8.16. The lowest BCUT2D eigenvalue weighted by Crippen LogP contribution is -2.39. The van der Waals surface area contributed by atoms with Gasteiger partial charge in [-0.05, 0) is 49.6 Å². The molecule has 0 radical (unpaired) electrons. The van der Waals surface area contributed by atoms with Crippen molar-refractivity contribution in [3.05, 3.63) is 57.8 Å². The van der Waals surface area contributed by atoms with E-state index >= 15 is 0 Å². The van der Waals surface area contributed by atoms with Gasteiger partial charge in [-0.25, -0.2) is 9.79 Å². The zero-order valence-corrected chi connectivity index (χ0v) is 20.6. The van der Waals surface area contributed by atoms with E-state index < -0.39 is 0 Å². The second-order valence-corrected chi connectivity index (χ2v) is 9.33. The predicted octanol–water partition coefficient (Wildman–Crippen LogP) is 5.25. The first-order chi connectivity index (χ1) is 15.3. The van der Waals surface area contributed by atoms with E-state index in [0.717, 1.165) is 22.8 Å². The van der Waals surface area contributed by atoms with Gasteiger partial charge in [0, 0.05) is 11.7 Å². The number of allylic oxidation sites excluding steroid dienone is 1. The largest absolute Gasteiger partial charge is 0.463 e. The minimum Gasteiger partial charge on any atom is -0.463 e. The number of thioether (sulfide) groups is 1. The van der Waals surface area contributed by atoms with Crippen molar-refractivity contribution in [2.75, 3.05) is 6.61 Å². The molecule has 0 saturated carbocycles. The van der Waals surface area contributed by atoms with Crippen molar-refractivity contribution in [2.24, 2.45) is 4.99 Å². The van der Waals surface area contributed by atoms with Crippen molar-refractivity contribution in [3.63, 3.8) is 0 Å². The molecule has 1 aromatic carbocycles. The SMILES string of the molecule is CCOC(=O)C1=C(C)N=C2SC=C(CC(=O)NC(C)CC)N2C1c1ccc(C(C)C)cc1. The van der Waals surface area contributed by atoms with E-state index in [1.807, 2.05) is 31.1 Å². The van der Waals surface area contributed by atoms with Crippen LogP contribution in [0.3, 0.4) is 0 Å². The van der Waals surface area contributed by atoms with Gasteiger partial charge in [-0.2, -0.15) is 0 Å². The zero-order chi connectivity index (χ0) is 23.4. The molecule has 172 valence electrons. The Morgan fingerprint density at radius 1 is 1.19 bits per heavy atom. The highest BCUT2D eigenvalue weighted by atomic mass is 32.2. The van der Waals surface area contributed by atoms with Gasteiger partial charge >= 0.3 is 5.97 Å². The number of rotatable bonds is 8. The fourth-order valence-electron chi connectivity index (χ4n) is 3.81. The number of amides is 1. The lowest BCUT2D eigenvalue weighted by molar-refractivity contribution is -0.139. The van der Waals surface area contributed by atoms with Crippen molar-refractivity contribution in [2.45, 2.75) is 72.4 Å². The number of amidine groups is 1. The molecule has 1 N–H and O–H groups in total. The van der Waals surface area contributed by atoms with E-state index in [-0.39, 0.29) is 30.4 Å². The molecule has 0 aromatic heterocycles. The molecule has 0 bridgehead atoms. The summed E-state index contributed by atoms with van der Waals surface area (Å²) in [5, 5.41) is 5.77. The molecule has 2 aliphatic heterocycles. The molecule has 0 fully saturated rings. The number of ether oxygens (including phenoxy) is 1. The van der Waals surface area contributed by atoms with Gasteiger partial charge in [-0.15, -0.1) is 0 Å². The molecule has 0 spiro atoms. The smallest absolute Gasteiger partial charge is 0.338 e. The van der Waals surface area contributed by atoms with Crippen molar-refractivity contribution >= 4 is 28.8 Å². The van der Waals surface area contributed by atoms with Gasteiger partial charge in [-0.3, -0.25) is 4.79 Å². The second kappa shape index (κ2) is 10.4. The van der Waals surface area contributed by atoms with Crippen molar-refractivity contribution in [1.29, 1.82) is 0 Å². The molecule has 7 heteroatoms. The van der Waals surface area contributed by atoms with E-state index in [0.29, 0.717) is 23.8 Å². The van der Waals surface area contributed by atoms with Crippen LogP contribution in [0.5, 0.6) is 0 Å². The van der Waals surface area contributed by atoms with E-state index in [1.165, 1.54) is 17.3 Å². The number of benzene rings is 1. The minimum absolute atomic E-state index is 0.0367. The van der Waals surface area contributed by atoms with E-state index in [1.54, 1.807) is 6.92 Å². The quantitative estimate of drug-likeness (QED) is 0.542. The maximum absolute atomic E-state index is 13.0. The topological polar surface area (TPSA) is 71.0 Å². The van der Waals surface area contributed by atoms with Crippen LogP contribution >= 0.6 is 11.8 Å². The highest BCUT2D eigenvalue weighted by Gasteiger charge is 2.41. The summed E-state index contributed by atoms with van der Waals surface area (Å²) >= 11 is 1.49. The number of nitrogens with one attached hydrogen (secondary N) is 1. The number of aliphatic imine (C=N–C) groups is 1. The number of hydrogen-bond donors (Lipinski definition) is 1. The number of esters is 1. The minimum atomic E-state index is -0.389. The number of nitrogens with zero attached hydrogens (tertiary/aromatic N) is 2. The Morgan fingerprint density at radius 3 is 2.47 bits per heavy atom. The number of carbonyl (C=O) groups excluding carboxylic acids is 2. The Hall–Kier alpha value is -2.54. The van der Waals surface area contributed by atoms with Gasteiger partial charge in [-0.1, -0.05) is 56.8 Å². The van der Waals surface area contributed by atoms with Gasteiger partial charge in [0.05, 0.1) is 30.3 Å². The molecule has 0 aliphatic carbocycles. The summed E-state index contributed by atoms with van der Waals surface area (Å²) in [6.07, 6.45) is 1.10. The molecule has 1 aromatic rings. The Balaban J connectivity index is 2.00. The third kappa shape index (κ3) is 5.09. The average Bonchev–Trinajstić information content (AvgIpc) is 3.14. The first-order valence-corrected chi connectivity index (χ1v) is 12.1. The summed E-state index contributed by atoms with van der Waals surface area (Å²) < 4.78 is 5.40. The van der Waals surface area contributed by atoms with Crippen LogP contribution in [0.2, 0.25) is 0 Å².